The lowest BCUT2D eigenvalue weighted by molar-refractivity contribution is -0.322. The number of aromatic amines is 1. The minimum Gasteiger partial charge on any atom is -0.361 e. The number of H-pyrrole nitrogens is 1. The Morgan fingerprint density at radius 1 is 1.24 bits per heavy atom. The molecule has 7 rings (SSSR count). The van der Waals surface area contributed by atoms with Crippen LogP contribution in [0.2, 0.25) is 0 Å². The number of likely N-dealkylation sites (N-methyl/N-ethyl adjacent to an activating group) is 1. The first-order valence-electron chi connectivity index (χ1n) is 15.4. The van der Waals surface area contributed by atoms with Crippen molar-refractivity contribution in [2.24, 2.45) is 17.8 Å². The summed E-state index contributed by atoms with van der Waals surface area (Å²) in [5, 5.41) is 16.3. The molecule has 6 atom stereocenters. The average molecular weight is 576 g/mol. The minimum absolute atomic E-state index is 0.108. The first kappa shape index (κ1) is 27.6. The minimum atomic E-state index is -2.00. The van der Waals surface area contributed by atoms with E-state index >= 15 is 0 Å². The summed E-state index contributed by atoms with van der Waals surface area (Å²) in [6.45, 7) is 8.60. The number of aliphatic hydroxyl groups is 1. The van der Waals surface area contributed by atoms with Gasteiger partial charge in [-0.25, -0.2) is 0 Å². The monoisotopic (exact) mass is 575 g/mol. The second-order valence-corrected chi connectivity index (χ2v) is 13.6. The highest BCUT2D eigenvalue weighted by molar-refractivity contribution is 6.01. The smallest absolute Gasteiger partial charge is 0.281 e. The van der Waals surface area contributed by atoms with Gasteiger partial charge in [0.1, 0.15) is 12.1 Å². The molecular weight excluding hydrogens is 534 g/mol. The number of benzene rings is 1. The molecule has 1 aliphatic carbocycles. The Morgan fingerprint density at radius 3 is 2.76 bits per heavy atom. The van der Waals surface area contributed by atoms with Gasteiger partial charge in [0, 0.05) is 42.1 Å². The normalized spacial score (nSPS) is 34.2. The molecule has 0 radical (unpaired) electrons. The van der Waals surface area contributed by atoms with Gasteiger partial charge in [0.15, 0.2) is 0 Å². The first-order chi connectivity index (χ1) is 20.0. The summed E-state index contributed by atoms with van der Waals surface area (Å²) in [4.78, 5) is 50.7. The van der Waals surface area contributed by atoms with Crippen LogP contribution in [0.15, 0.2) is 30.5 Å². The van der Waals surface area contributed by atoms with E-state index < -0.39 is 41.5 Å². The van der Waals surface area contributed by atoms with Crippen molar-refractivity contribution in [3.05, 3.63) is 41.6 Å². The third-order valence-electron chi connectivity index (χ3n) is 10.2. The van der Waals surface area contributed by atoms with Gasteiger partial charge < -0.3 is 20.3 Å². The summed E-state index contributed by atoms with van der Waals surface area (Å²) in [5.41, 5.74) is 2.79. The van der Waals surface area contributed by atoms with Gasteiger partial charge in [0.2, 0.25) is 17.5 Å². The number of amides is 3. The number of hydrogen-bond acceptors (Lipinski definition) is 6. The molecule has 4 aliphatic heterocycles. The highest BCUT2D eigenvalue weighted by Crippen LogP contribution is 2.48. The van der Waals surface area contributed by atoms with Gasteiger partial charge in [-0.1, -0.05) is 45.9 Å². The van der Waals surface area contributed by atoms with Gasteiger partial charge >= 0.3 is 0 Å². The van der Waals surface area contributed by atoms with Crippen molar-refractivity contribution >= 4 is 34.2 Å². The molecule has 10 nitrogen and oxygen atoms in total. The van der Waals surface area contributed by atoms with E-state index in [0.717, 1.165) is 29.5 Å². The fourth-order valence-electron chi connectivity index (χ4n) is 8.10. The van der Waals surface area contributed by atoms with Gasteiger partial charge in [-0.2, -0.15) is 0 Å². The van der Waals surface area contributed by atoms with E-state index in [-0.39, 0.29) is 23.8 Å². The Morgan fingerprint density at radius 2 is 2.02 bits per heavy atom. The molecule has 3 fully saturated rings. The van der Waals surface area contributed by atoms with Crippen molar-refractivity contribution < 1.29 is 24.2 Å². The lowest BCUT2D eigenvalue weighted by Crippen LogP contribution is -2.71. The highest BCUT2D eigenvalue weighted by atomic mass is 16.7. The molecule has 0 unspecified atom stereocenters. The Labute approximate surface area is 246 Å². The van der Waals surface area contributed by atoms with Crippen molar-refractivity contribution in [1.82, 2.24) is 25.0 Å². The van der Waals surface area contributed by atoms with Crippen molar-refractivity contribution in [2.75, 3.05) is 20.1 Å². The number of aromatic nitrogens is 1. The predicted molar refractivity (Wildman–Crippen MR) is 156 cm³/mol. The van der Waals surface area contributed by atoms with E-state index in [1.54, 1.807) is 4.90 Å². The van der Waals surface area contributed by atoms with Gasteiger partial charge in [0.05, 0.1) is 5.92 Å². The molecule has 2 aromatic rings. The van der Waals surface area contributed by atoms with Crippen LogP contribution in [0, 0.1) is 17.8 Å². The van der Waals surface area contributed by atoms with Gasteiger partial charge in [0.25, 0.3) is 11.8 Å². The predicted octanol–water partition coefficient (Wildman–Crippen LogP) is 2.43. The summed E-state index contributed by atoms with van der Waals surface area (Å²) >= 11 is 0. The van der Waals surface area contributed by atoms with Gasteiger partial charge in [-0.3, -0.25) is 28.9 Å². The van der Waals surface area contributed by atoms with E-state index in [2.05, 4.69) is 33.5 Å². The topological polar surface area (TPSA) is 118 Å². The Balaban J connectivity index is 1.24. The quantitative estimate of drug-likeness (QED) is 0.504. The molecule has 3 N–H and O–H groups in total. The number of fused-ring (bicyclic) bond motifs is 5. The van der Waals surface area contributed by atoms with Crippen molar-refractivity contribution in [3.8, 4) is 0 Å². The molecule has 3 saturated heterocycles. The van der Waals surface area contributed by atoms with Crippen LogP contribution in [0.3, 0.4) is 0 Å². The van der Waals surface area contributed by atoms with Crippen molar-refractivity contribution in [3.63, 3.8) is 0 Å². The van der Waals surface area contributed by atoms with Crippen LogP contribution in [0.1, 0.15) is 58.1 Å². The summed E-state index contributed by atoms with van der Waals surface area (Å²) in [6, 6.07) is 4.84. The molecule has 0 saturated carbocycles. The zero-order chi connectivity index (χ0) is 29.7. The number of carbonyl (C=O) groups excluding carboxylic acids is 3. The molecule has 1 aromatic carbocycles. The molecule has 3 amide bonds. The van der Waals surface area contributed by atoms with Crippen LogP contribution in [0.4, 0.5) is 0 Å². The SMILES string of the molecule is CC(C)C[C@H]1C(=O)N2CCC[C@H]2[C@@]2(O)O[C@@](NC(=O)[C@H]3C=C4c5cccc6[nH]cc(c56)C[C@H]4N(C)C3)(C(C)C)C(=O)N12. The zero-order valence-corrected chi connectivity index (χ0v) is 25.0. The van der Waals surface area contributed by atoms with Crippen LogP contribution in [0.5, 0.6) is 0 Å². The second-order valence-electron chi connectivity index (χ2n) is 13.6. The van der Waals surface area contributed by atoms with Crippen LogP contribution >= 0.6 is 0 Å². The number of carbonyl (C=O) groups is 3. The number of nitrogens with zero attached hydrogens (tertiary/aromatic N) is 3. The van der Waals surface area contributed by atoms with Crippen LogP contribution in [-0.4, -0.2) is 92.4 Å². The Hall–Kier alpha value is -3.21. The third kappa shape index (κ3) is 3.70. The molecule has 5 heterocycles. The van der Waals surface area contributed by atoms with Gasteiger partial charge in [-0.15, -0.1) is 0 Å². The fraction of sp³-hybridized carbons (Fsp3) is 0.594. The maximum absolute atomic E-state index is 14.4. The Bertz CT molecular complexity index is 1510. The summed E-state index contributed by atoms with van der Waals surface area (Å²) in [6.07, 6.45) is 6.62. The summed E-state index contributed by atoms with van der Waals surface area (Å²) < 4.78 is 6.43. The maximum Gasteiger partial charge on any atom is 0.281 e. The van der Waals surface area contributed by atoms with Crippen LogP contribution in [-0.2, 0) is 25.5 Å². The third-order valence-corrected chi connectivity index (χ3v) is 10.2. The van der Waals surface area contributed by atoms with Gasteiger partial charge in [-0.05, 0) is 61.4 Å². The molecule has 42 heavy (non-hydrogen) atoms. The number of rotatable bonds is 5. The van der Waals surface area contributed by atoms with E-state index in [4.69, 9.17) is 4.74 Å². The molecule has 224 valence electrons. The first-order valence-corrected chi connectivity index (χ1v) is 15.4. The van der Waals surface area contributed by atoms with Crippen LogP contribution < -0.4 is 5.32 Å². The second kappa shape index (κ2) is 9.39. The average Bonchev–Trinajstić information content (AvgIpc) is 3.65. The standard InChI is InChI=1S/C32H41N5O5/c1-17(2)12-25-29(39)36-11-7-10-26(36)32(41)37(25)30(40)31(42-32,18(3)4)34-28(38)20-13-22-21-8-6-9-23-27(21)19(15-33-23)14-24(22)35(5)16-20/h6,8-9,13,15,17-18,20,24-26,33,41H,7,10-12,14,16H2,1-5H3,(H,34,38)/t20-,24+,25-,26-,31-,32+/m0/s1. The number of nitrogens with one attached hydrogen (secondary N) is 2. The molecule has 0 spiro atoms. The molecule has 10 heteroatoms. The number of piperazine rings is 1. The summed E-state index contributed by atoms with van der Waals surface area (Å²) in [5.74, 6) is -3.97. The zero-order valence-electron chi connectivity index (χ0n) is 25.0. The van der Waals surface area contributed by atoms with Crippen LogP contribution in [0.25, 0.3) is 16.5 Å². The van der Waals surface area contributed by atoms with E-state index in [1.807, 2.05) is 46.9 Å². The van der Waals surface area contributed by atoms with Crippen molar-refractivity contribution in [1.29, 1.82) is 0 Å². The molecular formula is C32H41N5O5. The molecule has 1 aromatic heterocycles. The van der Waals surface area contributed by atoms with E-state index in [9.17, 15) is 19.5 Å². The maximum atomic E-state index is 14.4. The lowest BCUT2D eigenvalue weighted by atomic mass is 9.79. The Kier molecular flexibility index (Phi) is 6.18. The molecule has 0 bridgehead atoms. The fourth-order valence-corrected chi connectivity index (χ4v) is 8.10. The van der Waals surface area contributed by atoms with E-state index in [1.165, 1.54) is 15.8 Å². The molecule has 5 aliphatic rings. The summed E-state index contributed by atoms with van der Waals surface area (Å²) in [7, 11) is 2.03. The van der Waals surface area contributed by atoms with E-state index in [0.29, 0.717) is 25.9 Å². The lowest BCUT2D eigenvalue weighted by Gasteiger charge is -2.49. The van der Waals surface area contributed by atoms with Crippen molar-refractivity contribution in [2.45, 2.75) is 83.1 Å². The number of ether oxygens (including phenoxy) is 1. The highest BCUT2D eigenvalue weighted by Gasteiger charge is 2.72. The largest absolute Gasteiger partial charge is 0.361 e. The number of hydrogen-bond donors (Lipinski definition) is 3.